The van der Waals surface area contributed by atoms with Gasteiger partial charge in [0.15, 0.2) is 0 Å². The van der Waals surface area contributed by atoms with Crippen molar-refractivity contribution in [3.63, 3.8) is 0 Å². The van der Waals surface area contributed by atoms with Crippen molar-refractivity contribution in [1.82, 2.24) is 9.88 Å². The van der Waals surface area contributed by atoms with Crippen LogP contribution in [0.25, 0.3) is 0 Å². The molecular weight excluding hydrogens is 202 g/mol. The third-order valence-corrected chi connectivity index (χ3v) is 2.16. The van der Waals surface area contributed by atoms with E-state index in [1.807, 2.05) is 14.1 Å². The monoisotopic (exact) mass is 213 g/mol. The Labute approximate surface area is 86.0 Å². The van der Waals surface area contributed by atoms with E-state index < -0.39 is 0 Å². The Hall–Kier alpha value is -1.43. The van der Waals surface area contributed by atoms with E-state index in [1.54, 1.807) is 11.2 Å². The molecule has 1 rings (SSSR count). The lowest BCUT2D eigenvalue weighted by atomic mass is 10.6. The molecule has 76 valence electrons. The molecule has 0 amide bonds. The Balaban J connectivity index is 2.73. The molecule has 5 nitrogen and oxygen atoms in total. The van der Waals surface area contributed by atoms with Crippen LogP contribution in [0.15, 0.2) is 11.2 Å². The zero-order valence-electron chi connectivity index (χ0n) is 8.22. The second kappa shape index (κ2) is 4.71. The van der Waals surface area contributed by atoms with Gasteiger partial charge < -0.3 is 9.64 Å². The second-order valence-corrected chi connectivity index (χ2v) is 3.72. The molecule has 1 heterocycles. The number of hydrogen-bond donors (Lipinski definition) is 0. The zero-order chi connectivity index (χ0) is 10.6. The number of carbonyl (C=O) groups is 1. The number of rotatable bonds is 3. The van der Waals surface area contributed by atoms with Crippen LogP contribution < -0.4 is 0 Å². The molecule has 0 aliphatic carbocycles. The fraction of sp³-hybridized carbons (Fsp3) is 0.375. The number of ether oxygens (including phenoxy) is 1. The molecule has 0 aromatic carbocycles. The van der Waals surface area contributed by atoms with Crippen molar-refractivity contribution in [1.29, 1.82) is 0 Å². The molecule has 0 spiro atoms. The predicted molar refractivity (Wildman–Crippen MR) is 55.3 cm³/mol. The maximum atomic E-state index is 11.1. The third kappa shape index (κ3) is 2.81. The van der Waals surface area contributed by atoms with Gasteiger partial charge in [-0.1, -0.05) is 11.3 Å². The van der Waals surface area contributed by atoms with Gasteiger partial charge in [-0.05, 0) is 0 Å². The Kier molecular flexibility index (Phi) is 3.58. The van der Waals surface area contributed by atoms with E-state index in [1.165, 1.54) is 24.6 Å². The van der Waals surface area contributed by atoms with Crippen molar-refractivity contribution in [2.45, 2.75) is 0 Å². The van der Waals surface area contributed by atoms with E-state index in [9.17, 15) is 4.79 Å². The molecule has 0 aliphatic heterocycles. The lowest BCUT2D eigenvalue weighted by molar-refractivity contribution is 0.0606. The molecule has 0 radical (unpaired) electrons. The Morgan fingerprint density at radius 2 is 2.43 bits per heavy atom. The van der Waals surface area contributed by atoms with Crippen molar-refractivity contribution in [2.75, 3.05) is 21.2 Å². The van der Waals surface area contributed by atoms with Crippen LogP contribution in [-0.2, 0) is 4.74 Å². The molecule has 1 aromatic rings. The quantitative estimate of drug-likeness (QED) is 0.429. The van der Waals surface area contributed by atoms with Crippen LogP contribution in [0.1, 0.15) is 9.67 Å². The van der Waals surface area contributed by atoms with Crippen LogP contribution in [0, 0.1) is 0 Å². The largest absolute Gasteiger partial charge is 0.465 e. The standard InChI is InChI=1S/C8H11N3O2S/c1-11(2)5-10-8-9-4-6(14-8)7(12)13-3/h4-5H,1-3H3/b10-5+. The molecule has 0 saturated heterocycles. The summed E-state index contributed by atoms with van der Waals surface area (Å²) in [7, 11) is 5.06. The third-order valence-electron chi connectivity index (χ3n) is 1.28. The molecule has 14 heavy (non-hydrogen) atoms. The molecule has 0 unspecified atom stereocenters. The van der Waals surface area contributed by atoms with Gasteiger partial charge in [0.05, 0.1) is 19.6 Å². The summed E-state index contributed by atoms with van der Waals surface area (Å²) in [6.07, 6.45) is 3.08. The maximum Gasteiger partial charge on any atom is 0.349 e. The first-order valence-electron chi connectivity index (χ1n) is 3.88. The normalized spacial score (nSPS) is 10.5. The molecule has 0 aliphatic rings. The minimum absolute atomic E-state index is 0.381. The number of methoxy groups -OCH3 is 1. The van der Waals surface area contributed by atoms with Crippen molar-refractivity contribution < 1.29 is 9.53 Å². The number of aliphatic imine (C=N–C) groups is 1. The van der Waals surface area contributed by atoms with Crippen LogP contribution in [0.2, 0.25) is 0 Å². The SMILES string of the molecule is COC(=O)c1cnc(/N=C/N(C)C)s1. The summed E-state index contributed by atoms with van der Waals surface area (Å²) in [6, 6.07) is 0. The van der Waals surface area contributed by atoms with Crippen LogP contribution >= 0.6 is 11.3 Å². The topological polar surface area (TPSA) is 54.8 Å². The van der Waals surface area contributed by atoms with Gasteiger partial charge in [-0.15, -0.1) is 0 Å². The van der Waals surface area contributed by atoms with Gasteiger partial charge in [-0.25, -0.2) is 14.8 Å². The molecule has 0 atom stereocenters. The first kappa shape index (κ1) is 10.6. The molecule has 0 bridgehead atoms. The summed E-state index contributed by atoms with van der Waals surface area (Å²) in [4.78, 5) is 21.3. The molecule has 6 heteroatoms. The highest BCUT2D eigenvalue weighted by atomic mass is 32.1. The highest BCUT2D eigenvalue weighted by Gasteiger charge is 2.09. The lowest BCUT2D eigenvalue weighted by Crippen LogP contribution is -2.06. The van der Waals surface area contributed by atoms with Gasteiger partial charge >= 0.3 is 5.97 Å². The van der Waals surface area contributed by atoms with E-state index in [-0.39, 0.29) is 5.97 Å². The summed E-state index contributed by atoms with van der Waals surface area (Å²) in [5.74, 6) is -0.381. The van der Waals surface area contributed by atoms with Crippen molar-refractivity contribution in [3.05, 3.63) is 11.1 Å². The highest BCUT2D eigenvalue weighted by Crippen LogP contribution is 2.20. The van der Waals surface area contributed by atoms with Gasteiger partial charge in [-0.2, -0.15) is 0 Å². The van der Waals surface area contributed by atoms with Crippen molar-refractivity contribution in [3.8, 4) is 0 Å². The van der Waals surface area contributed by atoms with Gasteiger partial charge in [-0.3, -0.25) is 0 Å². The minimum atomic E-state index is -0.381. The van der Waals surface area contributed by atoms with Gasteiger partial charge in [0.2, 0.25) is 5.13 Å². The van der Waals surface area contributed by atoms with Crippen molar-refractivity contribution >= 4 is 28.8 Å². The number of thiazole rings is 1. The number of aromatic nitrogens is 1. The fourth-order valence-corrected chi connectivity index (χ4v) is 1.36. The van der Waals surface area contributed by atoms with E-state index in [0.29, 0.717) is 10.0 Å². The van der Waals surface area contributed by atoms with E-state index >= 15 is 0 Å². The highest BCUT2D eigenvalue weighted by molar-refractivity contribution is 7.17. The van der Waals surface area contributed by atoms with E-state index in [4.69, 9.17) is 0 Å². The average molecular weight is 213 g/mol. The smallest absolute Gasteiger partial charge is 0.349 e. The summed E-state index contributed by atoms with van der Waals surface area (Å²) in [6.45, 7) is 0. The molecule has 0 fully saturated rings. The minimum Gasteiger partial charge on any atom is -0.465 e. The van der Waals surface area contributed by atoms with E-state index in [0.717, 1.165) is 0 Å². The number of esters is 1. The maximum absolute atomic E-state index is 11.1. The molecule has 0 N–H and O–H groups in total. The van der Waals surface area contributed by atoms with Gasteiger partial charge in [0.1, 0.15) is 4.88 Å². The first-order chi connectivity index (χ1) is 6.63. The summed E-state index contributed by atoms with van der Waals surface area (Å²) >= 11 is 1.20. The van der Waals surface area contributed by atoms with Gasteiger partial charge in [0.25, 0.3) is 0 Å². The Morgan fingerprint density at radius 3 is 3.00 bits per heavy atom. The van der Waals surface area contributed by atoms with Crippen LogP contribution in [0.5, 0.6) is 0 Å². The molecule has 1 aromatic heterocycles. The molecular formula is C8H11N3O2S. The van der Waals surface area contributed by atoms with Crippen molar-refractivity contribution in [2.24, 2.45) is 4.99 Å². The molecule has 0 saturated carbocycles. The number of hydrogen-bond acceptors (Lipinski definition) is 5. The Morgan fingerprint density at radius 1 is 1.71 bits per heavy atom. The summed E-state index contributed by atoms with van der Waals surface area (Å²) in [5, 5.41) is 0.541. The number of carbonyl (C=O) groups excluding carboxylic acids is 1. The average Bonchev–Trinajstić information content (AvgIpc) is 2.62. The van der Waals surface area contributed by atoms with Crippen LogP contribution in [0.3, 0.4) is 0 Å². The van der Waals surface area contributed by atoms with Crippen LogP contribution in [0.4, 0.5) is 5.13 Å². The summed E-state index contributed by atoms with van der Waals surface area (Å²) in [5.41, 5.74) is 0. The first-order valence-corrected chi connectivity index (χ1v) is 4.70. The van der Waals surface area contributed by atoms with Gasteiger partial charge in [0, 0.05) is 14.1 Å². The fourth-order valence-electron chi connectivity index (χ4n) is 0.684. The Bertz CT molecular complexity index is 346. The zero-order valence-corrected chi connectivity index (χ0v) is 9.04. The summed E-state index contributed by atoms with van der Waals surface area (Å²) < 4.78 is 4.54. The van der Waals surface area contributed by atoms with Crippen LogP contribution in [-0.4, -0.2) is 43.4 Å². The lowest BCUT2D eigenvalue weighted by Gasteiger charge is -1.99. The van der Waals surface area contributed by atoms with E-state index in [2.05, 4.69) is 14.7 Å². The second-order valence-electron chi connectivity index (χ2n) is 2.71. The predicted octanol–water partition coefficient (Wildman–Crippen LogP) is 1.15. The number of nitrogens with zero attached hydrogens (tertiary/aromatic N) is 3.